The second-order valence-corrected chi connectivity index (χ2v) is 7.35. The van der Waals surface area contributed by atoms with Crippen molar-refractivity contribution in [3.63, 3.8) is 0 Å². The predicted octanol–water partition coefficient (Wildman–Crippen LogP) is 3.80. The molecular weight excluding hydrogens is 381 g/mol. The van der Waals surface area contributed by atoms with E-state index in [1.54, 1.807) is 35.1 Å². The third kappa shape index (κ3) is 4.24. The van der Waals surface area contributed by atoms with Gasteiger partial charge in [0, 0.05) is 11.6 Å². The van der Waals surface area contributed by atoms with Crippen LogP contribution in [0.4, 0.5) is 10.1 Å². The molecule has 1 saturated heterocycles. The standard InChI is InChI=1S/C23H22FN5O/c24-18-2-1-3-20(14-18)29-22(17-9-12-26-13-10-17)21(15-27-29)23(30)28-19-6-4-16(5-7-19)8-11-25/h1-7,14-15,17,26H,8-10,12-13H2,(H,28,30). The smallest absolute Gasteiger partial charge is 0.259 e. The van der Waals surface area contributed by atoms with Crippen LogP contribution in [0.15, 0.2) is 54.7 Å². The number of carbonyl (C=O) groups is 1. The zero-order chi connectivity index (χ0) is 20.9. The fourth-order valence-corrected chi connectivity index (χ4v) is 3.83. The van der Waals surface area contributed by atoms with Crippen LogP contribution in [-0.4, -0.2) is 28.8 Å². The summed E-state index contributed by atoms with van der Waals surface area (Å²) in [5.74, 6) is -0.447. The summed E-state index contributed by atoms with van der Waals surface area (Å²) in [6.07, 6.45) is 3.64. The first kappa shape index (κ1) is 19.8. The van der Waals surface area contributed by atoms with Crippen molar-refractivity contribution in [1.82, 2.24) is 15.1 Å². The molecule has 0 spiro atoms. The van der Waals surface area contributed by atoms with E-state index in [4.69, 9.17) is 5.26 Å². The van der Waals surface area contributed by atoms with Gasteiger partial charge in [-0.25, -0.2) is 9.07 Å². The zero-order valence-electron chi connectivity index (χ0n) is 16.4. The maximum Gasteiger partial charge on any atom is 0.259 e. The van der Waals surface area contributed by atoms with Crippen LogP contribution >= 0.6 is 0 Å². The third-order valence-corrected chi connectivity index (χ3v) is 5.32. The Kier molecular flexibility index (Phi) is 5.87. The van der Waals surface area contributed by atoms with Gasteiger partial charge < -0.3 is 10.6 Å². The number of amides is 1. The van der Waals surface area contributed by atoms with E-state index in [9.17, 15) is 9.18 Å². The van der Waals surface area contributed by atoms with E-state index in [1.165, 1.54) is 12.1 Å². The van der Waals surface area contributed by atoms with Crippen LogP contribution in [0.5, 0.6) is 0 Å². The molecule has 0 atom stereocenters. The number of anilines is 1. The summed E-state index contributed by atoms with van der Waals surface area (Å²) >= 11 is 0. The number of benzene rings is 2. The van der Waals surface area contributed by atoms with Crippen LogP contribution in [0.1, 0.15) is 40.4 Å². The van der Waals surface area contributed by atoms with E-state index in [1.807, 2.05) is 12.1 Å². The largest absolute Gasteiger partial charge is 0.322 e. The van der Waals surface area contributed by atoms with Crippen molar-refractivity contribution >= 4 is 11.6 Å². The lowest BCUT2D eigenvalue weighted by molar-refractivity contribution is 0.102. The second kappa shape index (κ2) is 8.89. The molecule has 1 amide bonds. The number of halogens is 1. The molecule has 0 radical (unpaired) electrons. The molecule has 0 aliphatic carbocycles. The second-order valence-electron chi connectivity index (χ2n) is 7.35. The molecule has 0 saturated carbocycles. The van der Waals surface area contributed by atoms with Gasteiger partial charge in [-0.15, -0.1) is 0 Å². The average Bonchev–Trinajstić information content (AvgIpc) is 3.21. The van der Waals surface area contributed by atoms with Crippen molar-refractivity contribution in [2.45, 2.75) is 25.2 Å². The number of rotatable bonds is 5. The van der Waals surface area contributed by atoms with Gasteiger partial charge in [-0.1, -0.05) is 18.2 Å². The van der Waals surface area contributed by atoms with E-state index >= 15 is 0 Å². The Bertz CT molecular complexity index is 1080. The van der Waals surface area contributed by atoms with Gasteiger partial charge in [-0.2, -0.15) is 10.4 Å². The molecule has 3 aromatic rings. The predicted molar refractivity (Wildman–Crippen MR) is 112 cm³/mol. The Balaban J connectivity index is 1.66. The highest BCUT2D eigenvalue weighted by Crippen LogP contribution is 2.31. The number of nitrogens with one attached hydrogen (secondary N) is 2. The molecular formula is C23H22FN5O. The molecule has 0 unspecified atom stereocenters. The van der Waals surface area contributed by atoms with Gasteiger partial charge in [0.05, 0.1) is 35.6 Å². The van der Waals surface area contributed by atoms with Gasteiger partial charge in [0.25, 0.3) is 5.91 Å². The molecule has 1 fully saturated rings. The highest BCUT2D eigenvalue weighted by Gasteiger charge is 2.27. The average molecular weight is 403 g/mol. The topological polar surface area (TPSA) is 82.7 Å². The number of nitriles is 1. The molecule has 7 heteroatoms. The van der Waals surface area contributed by atoms with E-state index < -0.39 is 0 Å². The van der Waals surface area contributed by atoms with Crippen molar-refractivity contribution in [1.29, 1.82) is 5.26 Å². The van der Waals surface area contributed by atoms with Crippen LogP contribution < -0.4 is 10.6 Å². The summed E-state index contributed by atoms with van der Waals surface area (Å²) in [6, 6.07) is 15.6. The van der Waals surface area contributed by atoms with Gasteiger partial charge in [0.15, 0.2) is 0 Å². The molecule has 152 valence electrons. The van der Waals surface area contributed by atoms with Crippen LogP contribution in [0.2, 0.25) is 0 Å². The van der Waals surface area contributed by atoms with E-state index in [-0.39, 0.29) is 17.6 Å². The van der Waals surface area contributed by atoms with Crippen molar-refractivity contribution < 1.29 is 9.18 Å². The minimum Gasteiger partial charge on any atom is -0.322 e. The fraction of sp³-hybridized carbons (Fsp3) is 0.261. The van der Waals surface area contributed by atoms with Crippen molar-refractivity contribution in [3.05, 3.63) is 77.4 Å². The fourth-order valence-electron chi connectivity index (χ4n) is 3.83. The number of hydrogen-bond acceptors (Lipinski definition) is 4. The first-order valence-electron chi connectivity index (χ1n) is 9.97. The quantitative estimate of drug-likeness (QED) is 0.679. The summed E-state index contributed by atoms with van der Waals surface area (Å²) in [5.41, 5.74) is 3.44. The summed E-state index contributed by atoms with van der Waals surface area (Å²) < 4.78 is 15.5. The lowest BCUT2D eigenvalue weighted by Gasteiger charge is -2.24. The molecule has 2 heterocycles. The Hall–Kier alpha value is -3.50. The molecule has 30 heavy (non-hydrogen) atoms. The van der Waals surface area contributed by atoms with Gasteiger partial charge >= 0.3 is 0 Å². The first-order chi connectivity index (χ1) is 14.7. The Morgan fingerprint density at radius 1 is 1.23 bits per heavy atom. The number of aromatic nitrogens is 2. The van der Waals surface area contributed by atoms with Crippen LogP contribution in [-0.2, 0) is 6.42 Å². The Labute approximate surface area is 174 Å². The molecule has 1 aliphatic heterocycles. The van der Waals surface area contributed by atoms with Crippen molar-refractivity contribution in [3.8, 4) is 11.8 Å². The minimum atomic E-state index is -0.345. The number of nitrogens with zero attached hydrogens (tertiary/aromatic N) is 3. The summed E-state index contributed by atoms with van der Waals surface area (Å²) in [7, 11) is 0. The van der Waals surface area contributed by atoms with Gasteiger partial charge in [0.1, 0.15) is 5.82 Å². The summed E-state index contributed by atoms with van der Waals surface area (Å²) in [5, 5.41) is 19.5. The van der Waals surface area contributed by atoms with Crippen LogP contribution in [0.3, 0.4) is 0 Å². The van der Waals surface area contributed by atoms with Gasteiger partial charge in [-0.3, -0.25) is 4.79 Å². The SMILES string of the molecule is N#CCc1ccc(NC(=O)c2cnn(-c3cccc(F)c3)c2C2CCNCC2)cc1. The normalized spacial score (nSPS) is 14.3. The monoisotopic (exact) mass is 403 g/mol. The maximum atomic E-state index is 13.8. The zero-order valence-corrected chi connectivity index (χ0v) is 16.4. The highest BCUT2D eigenvalue weighted by atomic mass is 19.1. The molecule has 1 aliphatic rings. The van der Waals surface area contributed by atoms with Gasteiger partial charge in [-0.05, 0) is 61.8 Å². The molecule has 4 rings (SSSR count). The summed E-state index contributed by atoms with van der Waals surface area (Å²) in [4.78, 5) is 13.1. The summed E-state index contributed by atoms with van der Waals surface area (Å²) in [6.45, 7) is 1.72. The minimum absolute atomic E-state index is 0.149. The molecule has 6 nitrogen and oxygen atoms in total. The number of hydrogen-bond donors (Lipinski definition) is 2. The van der Waals surface area contributed by atoms with Crippen LogP contribution in [0.25, 0.3) is 5.69 Å². The van der Waals surface area contributed by atoms with Crippen molar-refractivity contribution in [2.24, 2.45) is 0 Å². The molecule has 0 bridgehead atoms. The lowest BCUT2D eigenvalue weighted by Crippen LogP contribution is -2.29. The third-order valence-electron chi connectivity index (χ3n) is 5.32. The highest BCUT2D eigenvalue weighted by molar-refractivity contribution is 6.05. The van der Waals surface area contributed by atoms with E-state index in [0.29, 0.717) is 23.4 Å². The molecule has 2 aromatic carbocycles. The molecule has 1 aromatic heterocycles. The first-order valence-corrected chi connectivity index (χ1v) is 9.97. The van der Waals surface area contributed by atoms with E-state index in [0.717, 1.165) is 37.2 Å². The van der Waals surface area contributed by atoms with Crippen molar-refractivity contribution in [2.75, 3.05) is 18.4 Å². The Morgan fingerprint density at radius 2 is 2.00 bits per heavy atom. The Morgan fingerprint density at radius 3 is 2.70 bits per heavy atom. The van der Waals surface area contributed by atoms with Crippen LogP contribution in [0, 0.1) is 17.1 Å². The maximum absolute atomic E-state index is 13.8. The molecule has 2 N–H and O–H groups in total. The number of carbonyl (C=O) groups excluding carboxylic acids is 1. The number of piperidine rings is 1. The van der Waals surface area contributed by atoms with Gasteiger partial charge in [0.2, 0.25) is 0 Å². The lowest BCUT2D eigenvalue weighted by atomic mass is 9.91. The van der Waals surface area contributed by atoms with E-state index in [2.05, 4.69) is 21.8 Å².